The van der Waals surface area contributed by atoms with E-state index in [1.807, 2.05) is 0 Å². The molecule has 1 atom stereocenters. The molecule has 1 unspecified atom stereocenters. The topological polar surface area (TPSA) is 55.0 Å². The highest BCUT2D eigenvalue weighted by Gasteiger charge is 2.22. The lowest BCUT2D eigenvalue weighted by molar-refractivity contribution is -0.141. The van der Waals surface area contributed by atoms with Gasteiger partial charge in [0, 0.05) is 12.6 Å². The van der Waals surface area contributed by atoms with Crippen LogP contribution in [0.3, 0.4) is 0 Å². The Bertz CT molecular complexity index is 251. The van der Waals surface area contributed by atoms with E-state index in [4.69, 9.17) is 0 Å². The van der Waals surface area contributed by atoms with Crippen LogP contribution in [0.1, 0.15) is 5.56 Å². The maximum Gasteiger partial charge on any atom is 0.293 e. The number of aromatic nitrogens is 2. The molecule has 0 amide bonds. The van der Waals surface area contributed by atoms with Crippen LogP contribution in [0, 0.1) is 0 Å². The second-order valence-corrected chi connectivity index (χ2v) is 2.42. The summed E-state index contributed by atoms with van der Waals surface area (Å²) in [7, 11) is 0. The van der Waals surface area contributed by atoms with Crippen molar-refractivity contribution in [3.63, 3.8) is 0 Å². The van der Waals surface area contributed by atoms with Crippen molar-refractivity contribution < 1.29 is 18.3 Å². The van der Waals surface area contributed by atoms with E-state index in [0.29, 0.717) is 5.56 Å². The lowest BCUT2D eigenvalue weighted by atomic mass is 10.1. The monoisotopic (exact) mass is 190 g/mol. The smallest absolute Gasteiger partial charge is 0.293 e. The number of nitrogens with one attached hydrogen (secondary N) is 1. The number of halogens is 2. The molecule has 0 aromatic carbocycles. The van der Waals surface area contributed by atoms with E-state index in [1.54, 1.807) is 0 Å². The van der Waals surface area contributed by atoms with Crippen LogP contribution in [0.5, 0.6) is 0 Å². The van der Waals surface area contributed by atoms with E-state index >= 15 is 0 Å². The molecule has 1 aromatic heterocycles. The van der Waals surface area contributed by atoms with Crippen LogP contribution in [0.4, 0.5) is 8.78 Å². The number of H-pyrrole nitrogens is 1. The first-order chi connectivity index (χ1) is 6.24. The molecule has 0 aliphatic heterocycles. The van der Waals surface area contributed by atoms with Crippen LogP contribution in [0.15, 0.2) is 12.4 Å². The number of rotatable bonds is 5. The van der Waals surface area contributed by atoms with Gasteiger partial charge in [0.2, 0.25) is 0 Å². The Balaban J connectivity index is 2.52. The number of nitrogens with zero attached hydrogens (tertiary/aromatic N) is 1. The SMILES string of the molecule is O=COC(Cc1cn[nH]c1)C(F)F. The molecule has 0 saturated heterocycles. The van der Waals surface area contributed by atoms with Gasteiger partial charge in [-0.05, 0) is 5.56 Å². The molecule has 1 rings (SSSR count). The quantitative estimate of drug-likeness (QED) is 0.697. The summed E-state index contributed by atoms with van der Waals surface area (Å²) < 4.78 is 28.5. The lowest BCUT2D eigenvalue weighted by Gasteiger charge is -2.12. The highest BCUT2D eigenvalue weighted by molar-refractivity contribution is 5.37. The lowest BCUT2D eigenvalue weighted by Crippen LogP contribution is -2.24. The Morgan fingerprint density at radius 3 is 2.92 bits per heavy atom. The van der Waals surface area contributed by atoms with E-state index in [9.17, 15) is 13.6 Å². The number of hydrogen-bond acceptors (Lipinski definition) is 3. The standard InChI is InChI=1S/C7H8F2N2O2/c8-7(9)6(13-4-12)1-5-2-10-11-3-5/h2-4,6-7H,1H2,(H,10,11). The minimum absolute atomic E-state index is 0.0247. The molecular weight excluding hydrogens is 182 g/mol. The second kappa shape index (κ2) is 4.54. The molecule has 0 aliphatic rings. The first-order valence-corrected chi connectivity index (χ1v) is 3.59. The zero-order valence-corrected chi connectivity index (χ0v) is 6.61. The average molecular weight is 190 g/mol. The molecule has 0 radical (unpaired) electrons. The largest absolute Gasteiger partial charge is 0.458 e. The van der Waals surface area contributed by atoms with Gasteiger partial charge in [0.05, 0.1) is 6.20 Å². The summed E-state index contributed by atoms with van der Waals surface area (Å²) in [5.41, 5.74) is 0.576. The van der Waals surface area contributed by atoms with Gasteiger partial charge in [0.15, 0.2) is 6.10 Å². The van der Waals surface area contributed by atoms with Gasteiger partial charge in [0.25, 0.3) is 12.9 Å². The molecule has 0 spiro atoms. The fourth-order valence-corrected chi connectivity index (χ4v) is 0.890. The van der Waals surface area contributed by atoms with Crippen molar-refractivity contribution in [2.75, 3.05) is 0 Å². The van der Waals surface area contributed by atoms with Gasteiger partial charge >= 0.3 is 0 Å². The molecule has 1 aromatic rings. The van der Waals surface area contributed by atoms with E-state index in [1.165, 1.54) is 12.4 Å². The fourth-order valence-electron chi connectivity index (χ4n) is 0.890. The molecule has 0 bridgehead atoms. The van der Waals surface area contributed by atoms with Crippen LogP contribution in [0.2, 0.25) is 0 Å². The molecule has 6 heteroatoms. The van der Waals surface area contributed by atoms with E-state index in [2.05, 4.69) is 14.9 Å². The summed E-state index contributed by atoms with van der Waals surface area (Å²) >= 11 is 0. The zero-order chi connectivity index (χ0) is 9.68. The zero-order valence-electron chi connectivity index (χ0n) is 6.61. The van der Waals surface area contributed by atoms with Crippen molar-refractivity contribution in [1.29, 1.82) is 0 Å². The highest BCUT2D eigenvalue weighted by atomic mass is 19.3. The molecule has 0 fully saturated rings. The Morgan fingerprint density at radius 2 is 2.46 bits per heavy atom. The normalized spacial score (nSPS) is 12.8. The van der Waals surface area contributed by atoms with Crippen molar-refractivity contribution in [3.8, 4) is 0 Å². The summed E-state index contributed by atoms with van der Waals surface area (Å²) in [6.07, 6.45) is -1.23. The van der Waals surface area contributed by atoms with Gasteiger partial charge in [-0.1, -0.05) is 0 Å². The Morgan fingerprint density at radius 1 is 1.69 bits per heavy atom. The van der Waals surface area contributed by atoms with Gasteiger partial charge in [-0.25, -0.2) is 8.78 Å². The third-order valence-corrected chi connectivity index (χ3v) is 1.50. The van der Waals surface area contributed by atoms with Gasteiger partial charge in [-0.2, -0.15) is 5.10 Å². The van der Waals surface area contributed by atoms with Crippen molar-refractivity contribution in [3.05, 3.63) is 18.0 Å². The summed E-state index contributed by atoms with van der Waals surface area (Å²) in [6.45, 7) is 0.0247. The fraction of sp³-hybridized carbons (Fsp3) is 0.429. The number of carbonyl (C=O) groups excluding carboxylic acids is 1. The minimum Gasteiger partial charge on any atom is -0.458 e. The summed E-state index contributed by atoms with van der Waals surface area (Å²) in [5.74, 6) is 0. The van der Waals surface area contributed by atoms with Crippen LogP contribution >= 0.6 is 0 Å². The first-order valence-electron chi connectivity index (χ1n) is 3.59. The molecule has 1 heterocycles. The van der Waals surface area contributed by atoms with E-state index < -0.39 is 12.5 Å². The predicted octanol–water partition coefficient (Wildman–Crippen LogP) is 0.759. The molecule has 0 aliphatic carbocycles. The maximum absolute atomic E-state index is 12.2. The summed E-state index contributed by atoms with van der Waals surface area (Å²) in [5, 5.41) is 6.06. The van der Waals surface area contributed by atoms with Crippen LogP contribution in [0.25, 0.3) is 0 Å². The van der Waals surface area contributed by atoms with Crippen LogP contribution < -0.4 is 0 Å². The average Bonchev–Trinajstić information content (AvgIpc) is 2.56. The Hall–Kier alpha value is -1.46. The van der Waals surface area contributed by atoms with Gasteiger partial charge < -0.3 is 4.74 Å². The summed E-state index contributed by atoms with van der Waals surface area (Å²) in [4.78, 5) is 9.87. The summed E-state index contributed by atoms with van der Waals surface area (Å²) in [6, 6.07) is 0. The molecule has 13 heavy (non-hydrogen) atoms. The Labute approximate surface area is 72.9 Å². The Kier molecular flexibility index (Phi) is 3.36. The van der Waals surface area contributed by atoms with Crippen molar-refractivity contribution >= 4 is 6.47 Å². The molecular formula is C7H8F2N2O2. The molecule has 1 N–H and O–H groups in total. The van der Waals surface area contributed by atoms with Gasteiger partial charge in [-0.15, -0.1) is 0 Å². The predicted molar refractivity (Wildman–Crippen MR) is 39.2 cm³/mol. The first kappa shape index (κ1) is 9.63. The number of alkyl halides is 2. The second-order valence-electron chi connectivity index (χ2n) is 2.42. The van der Waals surface area contributed by atoms with Crippen LogP contribution in [-0.2, 0) is 16.0 Å². The van der Waals surface area contributed by atoms with Crippen molar-refractivity contribution in [2.24, 2.45) is 0 Å². The number of aromatic amines is 1. The number of carbonyl (C=O) groups is 1. The van der Waals surface area contributed by atoms with Crippen LogP contribution in [-0.4, -0.2) is 29.2 Å². The molecule has 0 saturated carbocycles. The maximum atomic E-state index is 12.2. The van der Waals surface area contributed by atoms with Gasteiger partial charge in [0.1, 0.15) is 0 Å². The van der Waals surface area contributed by atoms with E-state index in [-0.39, 0.29) is 12.9 Å². The number of ether oxygens (including phenoxy) is 1. The third kappa shape index (κ3) is 2.81. The minimum atomic E-state index is -2.68. The van der Waals surface area contributed by atoms with Crippen molar-refractivity contribution in [1.82, 2.24) is 10.2 Å². The number of hydrogen-bond donors (Lipinski definition) is 1. The molecule has 72 valence electrons. The third-order valence-electron chi connectivity index (χ3n) is 1.50. The van der Waals surface area contributed by atoms with E-state index in [0.717, 1.165) is 0 Å². The molecule has 4 nitrogen and oxygen atoms in total. The highest BCUT2D eigenvalue weighted by Crippen LogP contribution is 2.10. The van der Waals surface area contributed by atoms with Gasteiger partial charge in [-0.3, -0.25) is 9.89 Å². The van der Waals surface area contributed by atoms with Crippen molar-refractivity contribution in [2.45, 2.75) is 19.0 Å².